The van der Waals surface area contributed by atoms with E-state index in [0.717, 1.165) is 6.07 Å². The lowest BCUT2D eigenvalue weighted by Crippen LogP contribution is -2.14. The molecular formula is C16H15N3O6. The molecule has 9 nitrogen and oxygen atoms in total. The Labute approximate surface area is 142 Å². The highest BCUT2D eigenvalue weighted by atomic mass is 16.6. The molecule has 0 saturated heterocycles. The second kappa shape index (κ2) is 7.77. The van der Waals surface area contributed by atoms with Crippen LogP contribution in [0, 0.1) is 10.1 Å². The van der Waals surface area contributed by atoms with E-state index >= 15 is 0 Å². The number of nitrogen functional groups attached to an aromatic ring is 1. The van der Waals surface area contributed by atoms with Crippen molar-refractivity contribution in [3.8, 4) is 5.75 Å². The van der Waals surface area contributed by atoms with Crippen molar-refractivity contribution in [3.63, 3.8) is 0 Å². The normalized spacial score (nSPS) is 9.96. The largest absolute Gasteiger partial charge is 0.482 e. The van der Waals surface area contributed by atoms with Crippen LogP contribution in [-0.4, -0.2) is 30.5 Å². The monoisotopic (exact) mass is 345 g/mol. The van der Waals surface area contributed by atoms with Crippen molar-refractivity contribution >= 4 is 28.9 Å². The summed E-state index contributed by atoms with van der Waals surface area (Å²) in [7, 11) is 1.24. The maximum absolute atomic E-state index is 12.2. The number of hydrogen-bond donors (Lipinski definition) is 2. The number of carbonyl (C=O) groups is 2. The number of benzene rings is 2. The zero-order valence-corrected chi connectivity index (χ0v) is 13.2. The maximum Gasteiger partial charge on any atom is 0.343 e. The molecule has 3 N–H and O–H groups in total. The van der Waals surface area contributed by atoms with Gasteiger partial charge in [0, 0.05) is 23.4 Å². The van der Waals surface area contributed by atoms with Gasteiger partial charge in [0.25, 0.3) is 11.6 Å². The standard InChI is InChI=1S/C16H15N3O6/c1-24-15(20)9-25-12-4-2-3-11(8-12)18-16(21)10-5-6-13(17)14(7-10)19(22)23/h2-8H,9,17H2,1H3,(H,18,21). The molecule has 0 spiro atoms. The second-order valence-electron chi connectivity index (χ2n) is 4.88. The lowest BCUT2D eigenvalue weighted by molar-refractivity contribution is -0.383. The van der Waals surface area contributed by atoms with E-state index in [-0.39, 0.29) is 23.5 Å². The molecule has 2 aromatic carbocycles. The van der Waals surface area contributed by atoms with Gasteiger partial charge in [-0.3, -0.25) is 14.9 Å². The van der Waals surface area contributed by atoms with E-state index in [0.29, 0.717) is 11.4 Å². The summed E-state index contributed by atoms with van der Waals surface area (Å²) in [6, 6.07) is 10.1. The van der Waals surface area contributed by atoms with E-state index in [1.165, 1.54) is 25.3 Å². The van der Waals surface area contributed by atoms with Gasteiger partial charge in [-0.2, -0.15) is 0 Å². The summed E-state index contributed by atoms with van der Waals surface area (Å²) in [6.07, 6.45) is 0. The molecule has 0 saturated carbocycles. The zero-order chi connectivity index (χ0) is 18.4. The van der Waals surface area contributed by atoms with E-state index in [2.05, 4.69) is 10.1 Å². The Morgan fingerprint density at radius 3 is 2.68 bits per heavy atom. The topological polar surface area (TPSA) is 134 Å². The van der Waals surface area contributed by atoms with Crippen LogP contribution < -0.4 is 15.8 Å². The first-order chi connectivity index (χ1) is 11.9. The van der Waals surface area contributed by atoms with Crippen molar-refractivity contribution in [2.75, 3.05) is 24.8 Å². The van der Waals surface area contributed by atoms with Gasteiger partial charge in [-0.05, 0) is 24.3 Å². The first kappa shape index (κ1) is 17.7. The number of nitro benzene ring substituents is 1. The Morgan fingerprint density at radius 1 is 1.24 bits per heavy atom. The molecule has 2 rings (SSSR count). The summed E-state index contributed by atoms with van der Waals surface area (Å²) in [6.45, 7) is -0.266. The van der Waals surface area contributed by atoms with Crippen molar-refractivity contribution < 1.29 is 24.0 Å². The zero-order valence-electron chi connectivity index (χ0n) is 13.2. The van der Waals surface area contributed by atoms with E-state index in [1.54, 1.807) is 18.2 Å². The molecule has 2 aromatic rings. The minimum atomic E-state index is -0.659. The molecule has 0 aromatic heterocycles. The summed E-state index contributed by atoms with van der Waals surface area (Å²) in [5.74, 6) is -0.733. The van der Waals surface area contributed by atoms with E-state index < -0.39 is 16.8 Å². The smallest absolute Gasteiger partial charge is 0.343 e. The lowest BCUT2D eigenvalue weighted by atomic mass is 10.1. The molecule has 0 radical (unpaired) electrons. The van der Waals surface area contributed by atoms with Gasteiger partial charge in [0.1, 0.15) is 11.4 Å². The van der Waals surface area contributed by atoms with E-state index in [4.69, 9.17) is 10.5 Å². The van der Waals surface area contributed by atoms with Gasteiger partial charge in [0.15, 0.2) is 6.61 Å². The Balaban J connectivity index is 2.11. The SMILES string of the molecule is COC(=O)COc1cccc(NC(=O)c2ccc(N)c([N+](=O)[O-])c2)c1. The van der Waals surface area contributed by atoms with Crippen LogP contribution in [0.5, 0.6) is 5.75 Å². The Kier molecular flexibility index (Phi) is 5.51. The van der Waals surface area contributed by atoms with Crippen molar-refractivity contribution in [2.24, 2.45) is 0 Å². The van der Waals surface area contributed by atoms with Gasteiger partial charge in [-0.15, -0.1) is 0 Å². The number of rotatable bonds is 6. The van der Waals surface area contributed by atoms with Gasteiger partial charge in [-0.1, -0.05) is 6.07 Å². The fraction of sp³-hybridized carbons (Fsp3) is 0.125. The third-order valence-electron chi connectivity index (χ3n) is 3.17. The number of anilines is 2. The van der Waals surface area contributed by atoms with Crippen LogP contribution in [0.4, 0.5) is 17.1 Å². The van der Waals surface area contributed by atoms with Gasteiger partial charge >= 0.3 is 5.97 Å². The van der Waals surface area contributed by atoms with Crippen LogP contribution in [0.25, 0.3) is 0 Å². The van der Waals surface area contributed by atoms with E-state index in [9.17, 15) is 19.7 Å². The molecule has 0 aliphatic carbocycles. The average molecular weight is 345 g/mol. The molecule has 0 heterocycles. The number of nitrogens with two attached hydrogens (primary N) is 1. The minimum Gasteiger partial charge on any atom is -0.482 e. The number of nitrogens with one attached hydrogen (secondary N) is 1. The number of ether oxygens (including phenoxy) is 2. The van der Waals surface area contributed by atoms with Crippen LogP contribution in [0.2, 0.25) is 0 Å². The van der Waals surface area contributed by atoms with Crippen molar-refractivity contribution in [3.05, 3.63) is 58.1 Å². The first-order valence-electron chi connectivity index (χ1n) is 7.05. The summed E-state index contributed by atoms with van der Waals surface area (Å²) in [5.41, 5.74) is 5.61. The molecule has 0 bridgehead atoms. The number of nitrogens with zero attached hydrogens (tertiary/aromatic N) is 1. The van der Waals surface area contributed by atoms with Crippen LogP contribution >= 0.6 is 0 Å². The van der Waals surface area contributed by atoms with Crippen molar-refractivity contribution in [1.29, 1.82) is 0 Å². The number of esters is 1. The Bertz CT molecular complexity index is 821. The van der Waals surface area contributed by atoms with Crippen LogP contribution in [0.1, 0.15) is 10.4 Å². The van der Waals surface area contributed by atoms with Gasteiger partial charge in [0.05, 0.1) is 12.0 Å². The van der Waals surface area contributed by atoms with Crippen LogP contribution in [0.3, 0.4) is 0 Å². The summed E-state index contributed by atoms with van der Waals surface area (Å²) < 4.78 is 9.69. The minimum absolute atomic E-state index is 0.0280. The highest BCUT2D eigenvalue weighted by Gasteiger charge is 2.16. The molecule has 0 atom stereocenters. The average Bonchev–Trinajstić information content (AvgIpc) is 2.60. The number of amides is 1. The second-order valence-corrected chi connectivity index (χ2v) is 4.88. The number of nitro groups is 1. The highest BCUT2D eigenvalue weighted by Crippen LogP contribution is 2.23. The number of hydrogen-bond acceptors (Lipinski definition) is 7. The predicted octanol–water partition coefficient (Wildman–Crippen LogP) is 1.98. The Morgan fingerprint density at radius 2 is 2.00 bits per heavy atom. The predicted molar refractivity (Wildman–Crippen MR) is 89.4 cm³/mol. The van der Waals surface area contributed by atoms with Gasteiger partial charge < -0.3 is 20.5 Å². The lowest BCUT2D eigenvalue weighted by Gasteiger charge is -2.09. The molecule has 9 heteroatoms. The van der Waals surface area contributed by atoms with Gasteiger partial charge in [-0.25, -0.2) is 4.79 Å². The summed E-state index contributed by atoms with van der Waals surface area (Å²) >= 11 is 0. The van der Waals surface area contributed by atoms with Gasteiger partial charge in [0.2, 0.25) is 0 Å². The summed E-state index contributed by atoms with van der Waals surface area (Å²) in [5, 5.41) is 13.5. The Hall–Kier alpha value is -3.62. The molecule has 0 fully saturated rings. The van der Waals surface area contributed by atoms with Crippen molar-refractivity contribution in [1.82, 2.24) is 0 Å². The van der Waals surface area contributed by atoms with E-state index in [1.807, 2.05) is 0 Å². The highest BCUT2D eigenvalue weighted by molar-refractivity contribution is 6.05. The third-order valence-corrected chi connectivity index (χ3v) is 3.17. The third kappa shape index (κ3) is 4.67. The summed E-state index contributed by atoms with van der Waals surface area (Å²) in [4.78, 5) is 33.5. The first-order valence-corrected chi connectivity index (χ1v) is 7.05. The fourth-order valence-corrected chi connectivity index (χ4v) is 1.91. The van der Waals surface area contributed by atoms with Crippen LogP contribution in [0.15, 0.2) is 42.5 Å². The fourth-order valence-electron chi connectivity index (χ4n) is 1.91. The maximum atomic E-state index is 12.2. The van der Waals surface area contributed by atoms with Crippen LogP contribution in [-0.2, 0) is 9.53 Å². The number of methoxy groups -OCH3 is 1. The molecule has 25 heavy (non-hydrogen) atoms. The molecule has 130 valence electrons. The number of carbonyl (C=O) groups excluding carboxylic acids is 2. The quantitative estimate of drug-likeness (QED) is 0.354. The molecule has 1 amide bonds. The van der Waals surface area contributed by atoms with Crippen molar-refractivity contribution in [2.45, 2.75) is 0 Å². The molecule has 0 unspecified atom stereocenters. The molecule has 0 aliphatic rings. The molecule has 0 aliphatic heterocycles. The molecular weight excluding hydrogens is 330 g/mol.